The molecule has 10 rings (SSSR count). The van der Waals surface area contributed by atoms with Gasteiger partial charge in [-0.2, -0.15) is 0 Å². The van der Waals surface area contributed by atoms with Crippen molar-refractivity contribution in [3.63, 3.8) is 0 Å². The lowest BCUT2D eigenvalue weighted by Crippen LogP contribution is -2.35. The Hall–Kier alpha value is -6.72. The van der Waals surface area contributed by atoms with Crippen LogP contribution in [-0.2, 0) is 0 Å². The second-order valence-corrected chi connectivity index (χ2v) is 13.4. The van der Waals surface area contributed by atoms with E-state index in [1.165, 1.54) is 38.1 Å². The Bertz CT molecular complexity index is 2890. The van der Waals surface area contributed by atoms with Gasteiger partial charge in [-0.25, -0.2) is 15.0 Å². The van der Waals surface area contributed by atoms with Gasteiger partial charge in [0.2, 0.25) is 0 Å². The van der Waals surface area contributed by atoms with E-state index in [-0.39, 0.29) is 5.92 Å². The molecule has 0 fully saturated rings. The predicted molar refractivity (Wildman–Crippen MR) is 210 cm³/mol. The van der Waals surface area contributed by atoms with Crippen molar-refractivity contribution in [2.24, 2.45) is 5.92 Å². The lowest BCUT2D eigenvalue weighted by atomic mass is 9.78. The number of aromatic nitrogens is 4. The van der Waals surface area contributed by atoms with E-state index in [4.69, 9.17) is 24.4 Å². The highest BCUT2D eigenvalue weighted by Gasteiger charge is 2.25. The summed E-state index contributed by atoms with van der Waals surface area (Å²) in [5.41, 5.74) is 10.5. The summed E-state index contributed by atoms with van der Waals surface area (Å²) in [4.78, 5) is 19.8. The van der Waals surface area contributed by atoms with E-state index in [1.54, 1.807) is 0 Å². The number of rotatable bonds is 5. The van der Waals surface area contributed by atoms with Gasteiger partial charge in [-0.1, -0.05) is 134 Å². The summed E-state index contributed by atoms with van der Waals surface area (Å²) in [6.07, 6.45) is 2.73. The zero-order valence-electron chi connectivity index (χ0n) is 28.5. The third kappa shape index (κ3) is 4.93. The molecule has 9 aromatic rings. The molecule has 0 saturated heterocycles. The molecule has 52 heavy (non-hydrogen) atoms. The van der Waals surface area contributed by atoms with E-state index in [1.807, 2.05) is 85.1 Å². The molecule has 0 radical (unpaired) electrons. The van der Waals surface area contributed by atoms with E-state index in [0.29, 0.717) is 17.5 Å². The highest BCUT2D eigenvalue weighted by Crippen LogP contribution is 2.40. The Balaban J connectivity index is 1.20. The first kappa shape index (κ1) is 30.1. The fourth-order valence-electron chi connectivity index (χ4n) is 7.98. The van der Waals surface area contributed by atoms with Gasteiger partial charge in [0.15, 0.2) is 23.1 Å². The number of furan rings is 1. The number of hydrogen-bond acceptors (Lipinski definition) is 5. The molecular formula is C47H32N4O. The van der Waals surface area contributed by atoms with Gasteiger partial charge < -0.3 is 4.42 Å². The van der Waals surface area contributed by atoms with E-state index in [0.717, 1.165) is 50.6 Å². The van der Waals surface area contributed by atoms with Crippen LogP contribution in [0.1, 0.15) is 24.5 Å². The van der Waals surface area contributed by atoms with Crippen LogP contribution in [0.3, 0.4) is 0 Å². The summed E-state index contributed by atoms with van der Waals surface area (Å²) in [5.74, 6) is 2.21. The van der Waals surface area contributed by atoms with Gasteiger partial charge in [0.25, 0.3) is 0 Å². The summed E-state index contributed by atoms with van der Waals surface area (Å²) in [5, 5.41) is 5.87. The molecule has 0 aliphatic heterocycles. The van der Waals surface area contributed by atoms with Gasteiger partial charge in [-0.15, -0.1) is 0 Å². The number of pyridine rings is 1. The molecule has 6 aromatic carbocycles. The minimum Gasteiger partial charge on any atom is -0.454 e. The fraction of sp³-hybridized carbons (Fsp3) is 0.0638. The maximum atomic E-state index is 6.26. The molecule has 1 atom stereocenters. The second kappa shape index (κ2) is 12.3. The van der Waals surface area contributed by atoms with Crippen LogP contribution >= 0.6 is 0 Å². The molecule has 5 nitrogen and oxygen atoms in total. The van der Waals surface area contributed by atoms with Crippen molar-refractivity contribution in [3.8, 4) is 34.2 Å². The van der Waals surface area contributed by atoms with Crippen molar-refractivity contribution >= 4 is 44.0 Å². The molecule has 0 saturated carbocycles. The third-order valence-corrected chi connectivity index (χ3v) is 10.3. The Morgan fingerprint density at radius 2 is 1.10 bits per heavy atom. The largest absolute Gasteiger partial charge is 0.454 e. The first-order chi connectivity index (χ1) is 25.7. The maximum Gasteiger partial charge on any atom is 0.164 e. The van der Waals surface area contributed by atoms with Crippen LogP contribution in [0.5, 0.6) is 0 Å². The van der Waals surface area contributed by atoms with Crippen LogP contribution in [0.15, 0.2) is 162 Å². The molecule has 0 N–H and O–H groups in total. The summed E-state index contributed by atoms with van der Waals surface area (Å²) < 4.78 is 6.26. The standard InChI is InChI=1S/C47H32N4O/c1-29-28-39(34-20-10-11-21-36(34)42(29)38-22-12-23-40-43(38)44-41(52-40)24-13-27-48-44)35-25-26-37(33-19-9-8-18-32(33)35)47-50-45(30-14-4-2-5-15-30)49-46(51-47)31-16-6-3-7-17-31/h2-27,29H,28H2,1H3. The monoisotopic (exact) mass is 668 g/mol. The number of nitrogens with zero attached hydrogens (tertiary/aromatic N) is 4. The van der Waals surface area contributed by atoms with E-state index < -0.39 is 0 Å². The second-order valence-electron chi connectivity index (χ2n) is 13.4. The van der Waals surface area contributed by atoms with Crippen LogP contribution in [0.25, 0.3) is 78.2 Å². The smallest absolute Gasteiger partial charge is 0.164 e. The highest BCUT2D eigenvalue weighted by atomic mass is 16.3. The van der Waals surface area contributed by atoms with Gasteiger partial charge >= 0.3 is 0 Å². The minimum atomic E-state index is 0.244. The summed E-state index contributed by atoms with van der Waals surface area (Å²) in [6.45, 7) is 2.34. The van der Waals surface area contributed by atoms with E-state index >= 15 is 0 Å². The van der Waals surface area contributed by atoms with Crippen LogP contribution in [0.4, 0.5) is 0 Å². The predicted octanol–water partition coefficient (Wildman–Crippen LogP) is 9.76. The van der Waals surface area contributed by atoms with Gasteiger partial charge in [0.05, 0.1) is 5.39 Å². The first-order valence-electron chi connectivity index (χ1n) is 17.7. The molecule has 5 heteroatoms. The lowest BCUT2D eigenvalue weighted by Gasteiger charge is -2.25. The van der Waals surface area contributed by atoms with Crippen LogP contribution in [0.2, 0.25) is 0 Å². The van der Waals surface area contributed by atoms with Crippen molar-refractivity contribution in [1.82, 2.24) is 19.9 Å². The average Bonchev–Trinajstić information content (AvgIpc) is 3.60. The molecule has 1 aliphatic carbocycles. The van der Waals surface area contributed by atoms with Crippen LogP contribution < -0.4 is 10.4 Å². The lowest BCUT2D eigenvalue weighted by molar-refractivity contribution is 0.668. The van der Waals surface area contributed by atoms with E-state index in [9.17, 15) is 0 Å². The highest BCUT2D eigenvalue weighted by molar-refractivity contribution is 6.09. The quantitative estimate of drug-likeness (QED) is 0.183. The zero-order chi connectivity index (χ0) is 34.6. The molecule has 1 aliphatic rings. The first-order valence-corrected chi connectivity index (χ1v) is 17.7. The van der Waals surface area contributed by atoms with Gasteiger partial charge in [-0.05, 0) is 80.1 Å². The van der Waals surface area contributed by atoms with Crippen LogP contribution in [0, 0.1) is 5.92 Å². The van der Waals surface area contributed by atoms with Gasteiger partial charge in [-0.3, -0.25) is 4.98 Å². The Labute approximate surface area is 300 Å². The van der Waals surface area contributed by atoms with Crippen molar-refractivity contribution < 1.29 is 4.42 Å². The maximum absolute atomic E-state index is 6.26. The topological polar surface area (TPSA) is 64.7 Å². The number of fused-ring (bicyclic) bond motifs is 5. The van der Waals surface area contributed by atoms with Gasteiger partial charge in [0, 0.05) is 22.9 Å². The van der Waals surface area contributed by atoms with E-state index in [2.05, 4.69) is 79.7 Å². The van der Waals surface area contributed by atoms with Crippen molar-refractivity contribution in [2.75, 3.05) is 0 Å². The Morgan fingerprint density at radius 1 is 0.500 bits per heavy atom. The molecule has 3 aromatic heterocycles. The fourth-order valence-corrected chi connectivity index (χ4v) is 7.98. The van der Waals surface area contributed by atoms with Crippen molar-refractivity contribution in [3.05, 3.63) is 179 Å². The molecule has 3 heterocycles. The number of hydrogen-bond donors (Lipinski definition) is 0. The Morgan fingerprint density at radius 3 is 1.83 bits per heavy atom. The Kier molecular flexibility index (Phi) is 7.10. The van der Waals surface area contributed by atoms with Crippen LogP contribution in [-0.4, -0.2) is 19.9 Å². The minimum absolute atomic E-state index is 0.244. The van der Waals surface area contributed by atoms with Crippen molar-refractivity contribution in [1.29, 1.82) is 0 Å². The summed E-state index contributed by atoms with van der Waals surface area (Å²) in [7, 11) is 0. The molecule has 1 unspecified atom stereocenters. The molecular weight excluding hydrogens is 637 g/mol. The third-order valence-electron chi connectivity index (χ3n) is 10.3. The van der Waals surface area contributed by atoms with Gasteiger partial charge in [0.1, 0.15) is 11.1 Å². The molecule has 0 bridgehead atoms. The number of benzene rings is 6. The normalized spacial score (nSPS) is 14.3. The van der Waals surface area contributed by atoms with Crippen molar-refractivity contribution in [2.45, 2.75) is 13.3 Å². The summed E-state index contributed by atoms with van der Waals surface area (Å²) in [6, 6.07) is 52.5. The molecule has 0 amide bonds. The summed E-state index contributed by atoms with van der Waals surface area (Å²) >= 11 is 0. The molecule has 246 valence electrons. The SMILES string of the molecule is CC1CC(c2ccc(-c3nc(-c4ccccc4)nc(-c4ccccc4)n3)c3ccccc23)=c2ccccc2=C1c1cccc2oc3cccnc3c12. The molecule has 0 spiro atoms. The average molecular weight is 669 g/mol. The zero-order valence-corrected chi connectivity index (χ0v) is 28.5.